The van der Waals surface area contributed by atoms with E-state index < -0.39 is 0 Å². The monoisotopic (exact) mass is 191 g/mol. The van der Waals surface area contributed by atoms with Gasteiger partial charge in [-0.2, -0.15) is 0 Å². The smallest absolute Gasteiger partial charge is 0.0346 e. The van der Waals surface area contributed by atoms with Gasteiger partial charge in [0.05, 0.1) is 0 Å². The van der Waals surface area contributed by atoms with Crippen molar-refractivity contribution >= 4 is 0 Å². The van der Waals surface area contributed by atoms with E-state index in [2.05, 4.69) is 51.2 Å². The van der Waals surface area contributed by atoms with Gasteiger partial charge in [-0.05, 0) is 43.5 Å². The zero-order chi connectivity index (χ0) is 10.7. The highest BCUT2D eigenvalue weighted by Crippen LogP contribution is 2.27. The van der Waals surface area contributed by atoms with Crippen LogP contribution in [0.5, 0.6) is 0 Å². The van der Waals surface area contributed by atoms with E-state index in [4.69, 9.17) is 0 Å². The van der Waals surface area contributed by atoms with Crippen molar-refractivity contribution in [3.8, 4) is 0 Å². The first-order chi connectivity index (χ1) is 6.57. The van der Waals surface area contributed by atoms with E-state index in [1.165, 1.54) is 16.7 Å². The van der Waals surface area contributed by atoms with Gasteiger partial charge in [-0.1, -0.05) is 32.0 Å². The summed E-state index contributed by atoms with van der Waals surface area (Å²) in [5, 5.41) is 3.40. The molecule has 1 unspecified atom stereocenters. The molecule has 0 aliphatic heterocycles. The third kappa shape index (κ3) is 2.16. The lowest BCUT2D eigenvalue weighted by molar-refractivity contribution is 0.439. The molecule has 1 N–H and O–H groups in total. The summed E-state index contributed by atoms with van der Waals surface area (Å²) in [4.78, 5) is 0. The zero-order valence-electron chi connectivity index (χ0n) is 9.89. The third-order valence-corrected chi connectivity index (χ3v) is 2.83. The Morgan fingerprint density at radius 2 is 1.57 bits per heavy atom. The lowest BCUT2D eigenvalue weighted by atomic mass is 9.89. The fourth-order valence-electron chi connectivity index (χ4n) is 2.13. The van der Waals surface area contributed by atoms with Crippen LogP contribution in [0.2, 0.25) is 0 Å². The van der Waals surface area contributed by atoms with Gasteiger partial charge in [0.2, 0.25) is 0 Å². The Morgan fingerprint density at radius 1 is 1.07 bits per heavy atom. The summed E-state index contributed by atoms with van der Waals surface area (Å²) in [7, 11) is 2.04. The minimum atomic E-state index is 0.469. The Bertz CT molecular complexity index is 282. The molecule has 1 atom stereocenters. The van der Waals surface area contributed by atoms with E-state index in [9.17, 15) is 0 Å². The molecule has 0 aromatic heterocycles. The van der Waals surface area contributed by atoms with Crippen LogP contribution in [0.1, 0.15) is 36.6 Å². The second-order valence-electron chi connectivity index (χ2n) is 4.32. The minimum absolute atomic E-state index is 0.469. The maximum atomic E-state index is 3.40. The Hall–Kier alpha value is -0.820. The fraction of sp³-hybridized carbons (Fsp3) is 0.538. The van der Waals surface area contributed by atoms with E-state index >= 15 is 0 Å². The Balaban J connectivity index is 3.15. The Labute approximate surface area is 87.5 Å². The molecule has 14 heavy (non-hydrogen) atoms. The highest BCUT2D eigenvalue weighted by molar-refractivity contribution is 5.36. The number of benzene rings is 1. The van der Waals surface area contributed by atoms with Crippen LogP contribution in [-0.4, -0.2) is 7.05 Å². The molecule has 0 fully saturated rings. The molecule has 0 heterocycles. The van der Waals surface area contributed by atoms with Crippen molar-refractivity contribution in [2.24, 2.45) is 5.92 Å². The second kappa shape index (κ2) is 4.61. The van der Waals surface area contributed by atoms with Gasteiger partial charge in [0.15, 0.2) is 0 Å². The summed E-state index contributed by atoms with van der Waals surface area (Å²) in [6.45, 7) is 8.89. The normalized spacial score (nSPS) is 13.3. The molecular weight excluding hydrogens is 170 g/mol. The minimum Gasteiger partial charge on any atom is -0.313 e. The molecule has 0 saturated heterocycles. The lowest BCUT2D eigenvalue weighted by Crippen LogP contribution is -2.23. The van der Waals surface area contributed by atoms with Crippen molar-refractivity contribution in [2.45, 2.75) is 33.7 Å². The molecule has 0 radical (unpaired) electrons. The highest BCUT2D eigenvalue weighted by atomic mass is 14.9. The average Bonchev–Trinajstić information content (AvgIpc) is 2.10. The molecule has 1 nitrogen and oxygen atoms in total. The van der Waals surface area contributed by atoms with Crippen LogP contribution in [0, 0.1) is 19.8 Å². The van der Waals surface area contributed by atoms with Gasteiger partial charge in [-0.3, -0.25) is 0 Å². The second-order valence-corrected chi connectivity index (χ2v) is 4.32. The van der Waals surface area contributed by atoms with Crippen LogP contribution >= 0.6 is 0 Å². The van der Waals surface area contributed by atoms with E-state index in [1.807, 2.05) is 7.05 Å². The molecule has 0 saturated carbocycles. The molecule has 0 aliphatic rings. The summed E-state index contributed by atoms with van der Waals surface area (Å²) in [6.07, 6.45) is 0. The Kier molecular flexibility index (Phi) is 3.70. The average molecular weight is 191 g/mol. The van der Waals surface area contributed by atoms with Crippen LogP contribution in [0.25, 0.3) is 0 Å². The highest BCUT2D eigenvalue weighted by Gasteiger charge is 2.16. The summed E-state index contributed by atoms with van der Waals surface area (Å²) in [5.74, 6) is 0.625. The SMILES string of the molecule is CNC(c1c(C)cccc1C)C(C)C. The van der Waals surface area contributed by atoms with Crippen LogP contribution < -0.4 is 5.32 Å². The molecule has 0 aliphatic carbocycles. The van der Waals surface area contributed by atoms with Gasteiger partial charge in [0.1, 0.15) is 0 Å². The van der Waals surface area contributed by atoms with Crippen molar-refractivity contribution in [1.82, 2.24) is 5.32 Å². The standard InChI is InChI=1S/C13H21N/c1-9(2)13(14-5)12-10(3)7-6-8-11(12)4/h6-9,13-14H,1-5H3. The lowest BCUT2D eigenvalue weighted by Gasteiger charge is -2.24. The summed E-state index contributed by atoms with van der Waals surface area (Å²) in [5.41, 5.74) is 4.24. The predicted octanol–water partition coefficient (Wildman–Crippen LogP) is 3.22. The molecule has 1 heteroatoms. The molecule has 1 aromatic rings. The van der Waals surface area contributed by atoms with Crippen LogP contribution in [0.15, 0.2) is 18.2 Å². The number of nitrogens with one attached hydrogen (secondary N) is 1. The summed E-state index contributed by atoms with van der Waals surface area (Å²) in [6, 6.07) is 6.97. The van der Waals surface area contributed by atoms with Gasteiger partial charge in [-0.25, -0.2) is 0 Å². The van der Waals surface area contributed by atoms with E-state index in [0.717, 1.165) is 0 Å². The zero-order valence-corrected chi connectivity index (χ0v) is 9.89. The van der Waals surface area contributed by atoms with Gasteiger partial charge in [0, 0.05) is 6.04 Å². The molecule has 0 bridgehead atoms. The number of rotatable bonds is 3. The van der Waals surface area contributed by atoms with Crippen molar-refractivity contribution in [3.63, 3.8) is 0 Å². The number of hydrogen-bond donors (Lipinski definition) is 1. The Morgan fingerprint density at radius 3 is 1.93 bits per heavy atom. The predicted molar refractivity (Wildman–Crippen MR) is 62.6 cm³/mol. The number of aryl methyl sites for hydroxylation is 2. The largest absolute Gasteiger partial charge is 0.313 e. The van der Waals surface area contributed by atoms with Crippen LogP contribution in [-0.2, 0) is 0 Å². The van der Waals surface area contributed by atoms with Gasteiger partial charge >= 0.3 is 0 Å². The van der Waals surface area contributed by atoms with Crippen molar-refractivity contribution in [3.05, 3.63) is 34.9 Å². The first-order valence-electron chi connectivity index (χ1n) is 5.31. The maximum absolute atomic E-state index is 3.40. The van der Waals surface area contributed by atoms with Gasteiger partial charge in [0.25, 0.3) is 0 Å². The van der Waals surface area contributed by atoms with Gasteiger partial charge in [-0.15, -0.1) is 0 Å². The summed E-state index contributed by atoms with van der Waals surface area (Å²) >= 11 is 0. The molecule has 1 aromatic carbocycles. The first kappa shape index (κ1) is 11.3. The van der Waals surface area contributed by atoms with Gasteiger partial charge < -0.3 is 5.32 Å². The van der Waals surface area contributed by atoms with Crippen LogP contribution in [0.3, 0.4) is 0 Å². The third-order valence-electron chi connectivity index (χ3n) is 2.83. The van der Waals surface area contributed by atoms with Crippen molar-refractivity contribution in [1.29, 1.82) is 0 Å². The van der Waals surface area contributed by atoms with E-state index in [1.54, 1.807) is 0 Å². The molecule has 1 rings (SSSR count). The van der Waals surface area contributed by atoms with E-state index in [-0.39, 0.29) is 0 Å². The topological polar surface area (TPSA) is 12.0 Å². The van der Waals surface area contributed by atoms with Crippen molar-refractivity contribution in [2.75, 3.05) is 7.05 Å². The molecule has 0 spiro atoms. The number of hydrogen-bond acceptors (Lipinski definition) is 1. The summed E-state index contributed by atoms with van der Waals surface area (Å²) < 4.78 is 0. The first-order valence-corrected chi connectivity index (χ1v) is 5.31. The molecule has 78 valence electrons. The quantitative estimate of drug-likeness (QED) is 0.773. The maximum Gasteiger partial charge on any atom is 0.0346 e. The fourth-order valence-corrected chi connectivity index (χ4v) is 2.13. The molecular formula is C13H21N. The van der Waals surface area contributed by atoms with E-state index in [0.29, 0.717) is 12.0 Å². The molecule has 0 amide bonds. The van der Waals surface area contributed by atoms with Crippen molar-refractivity contribution < 1.29 is 0 Å². The van der Waals surface area contributed by atoms with Crippen LogP contribution in [0.4, 0.5) is 0 Å².